The van der Waals surface area contributed by atoms with Gasteiger partial charge >= 0.3 is 0 Å². The molecule has 0 radical (unpaired) electrons. The van der Waals surface area contributed by atoms with Crippen molar-refractivity contribution in [2.24, 2.45) is 11.8 Å². The summed E-state index contributed by atoms with van der Waals surface area (Å²) < 4.78 is 2.80. The number of phenols is 1. The Balaban J connectivity index is 1.20. The van der Waals surface area contributed by atoms with E-state index in [-0.39, 0.29) is 5.92 Å². The number of phenolic OH excluding ortho intramolecular Hbond substituents is 1. The number of carbonyl (C=O) groups is 1. The first-order valence-corrected chi connectivity index (χ1v) is 16.1. The summed E-state index contributed by atoms with van der Waals surface area (Å²) in [5.41, 5.74) is 5.59. The lowest BCUT2D eigenvalue weighted by molar-refractivity contribution is -0.123. The first-order valence-electron chi connectivity index (χ1n) is 14.8. The molecule has 0 bridgehead atoms. The highest BCUT2D eigenvalue weighted by molar-refractivity contribution is 14.1. The molecule has 1 aromatic heterocycles. The maximum atomic E-state index is 14.1. The number of alkyl halides is 1. The molecule has 6 heteroatoms. The minimum Gasteiger partial charge on any atom is -0.508 e. The van der Waals surface area contributed by atoms with Crippen LogP contribution in [0.3, 0.4) is 0 Å². The number of hydrogen-bond donors (Lipinski definition) is 1. The van der Waals surface area contributed by atoms with Gasteiger partial charge in [-0.05, 0) is 118 Å². The van der Waals surface area contributed by atoms with Crippen LogP contribution in [0.5, 0.6) is 5.75 Å². The van der Waals surface area contributed by atoms with Gasteiger partial charge in [-0.25, -0.2) is 0 Å². The van der Waals surface area contributed by atoms with Crippen molar-refractivity contribution in [3.8, 4) is 16.9 Å². The quantitative estimate of drug-likeness (QED) is 0.210. The molecule has 5 nitrogen and oxygen atoms in total. The summed E-state index contributed by atoms with van der Waals surface area (Å²) in [6, 6.07) is 15.2. The van der Waals surface area contributed by atoms with Gasteiger partial charge in [-0.3, -0.25) is 9.48 Å². The van der Waals surface area contributed by atoms with Gasteiger partial charge in [-0.2, -0.15) is 5.10 Å². The Kier molecular flexibility index (Phi) is 8.01. The number of carbonyl (C=O) groups excluding carboxylic acids is 1. The largest absolute Gasteiger partial charge is 0.508 e. The number of nitrogens with zero attached hydrogens (tertiary/aromatic N) is 3. The molecule has 0 saturated heterocycles. The van der Waals surface area contributed by atoms with E-state index in [0.717, 1.165) is 80.3 Å². The highest BCUT2D eigenvalue weighted by Crippen LogP contribution is 2.40. The first-order chi connectivity index (χ1) is 18.9. The predicted octanol–water partition coefficient (Wildman–Crippen LogP) is 8.20. The molecule has 206 valence electrons. The van der Waals surface area contributed by atoms with E-state index in [0.29, 0.717) is 33.5 Å². The lowest BCUT2D eigenvalue weighted by Crippen LogP contribution is -2.41. The zero-order valence-electron chi connectivity index (χ0n) is 22.9. The van der Waals surface area contributed by atoms with Crippen LogP contribution in [-0.2, 0) is 4.79 Å². The number of benzene rings is 2. The second-order valence-electron chi connectivity index (χ2n) is 12.2. The second-order valence-corrected chi connectivity index (χ2v) is 13.9. The number of halogens is 1. The topological polar surface area (TPSA) is 58.4 Å². The van der Waals surface area contributed by atoms with Crippen molar-refractivity contribution >= 4 is 34.2 Å². The van der Waals surface area contributed by atoms with Gasteiger partial charge in [0.25, 0.3) is 0 Å². The third-order valence-corrected chi connectivity index (χ3v) is 10.5. The average Bonchev–Trinajstić information content (AvgIpc) is 3.69. The number of aryl methyl sites for hydroxylation is 1. The first kappa shape index (κ1) is 26.9. The second kappa shape index (κ2) is 11.6. The minimum atomic E-state index is 0.133. The molecule has 0 spiro atoms. The van der Waals surface area contributed by atoms with Gasteiger partial charge in [0.05, 0.1) is 12.2 Å². The highest BCUT2D eigenvalue weighted by Gasteiger charge is 2.32. The SMILES string of the molecule is Cc1cc(C2CCC(CN(C(=O)C3CCC(I)CC3)c3cccc(-c4cnn(C5CC5)c4)c3)CC2)ccc1O. The monoisotopic (exact) mass is 637 g/mol. The summed E-state index contributed by atoms with van der Waals surface area (Å²) in [6.07, 6.45) is 15.4. The predicted molar refractivity (Wildman–Crippen MR) is 166 cm³/mol. The van der Waals surface area contributed by atoms with Crippen LogP contribution in [0.4, 0.5) is 5.69 Å². The summed E-state index contributed by atoms with van der Waals surface area (Å²) in [5, 5.41) is 14.5. The van der Waals surface area contributed by atoms with Gasteiger partial charge in [-0.15, -0.1) is 0 Å². The molecular formula is C33H40IN3O2. The third kappa shape index (κ3) is 6.21. The summed E-state index contributed by atoms with van der Waals surface area (Å²) in [7, 11) is 0. The van der Waals surface area contributed by atoms with E-state index in [9.17, 15) is 9.90 Å². The number of anilines is 1. The lowest BCUT2D eigenvalue weighted by Gasteiger charge is -2.36. The average molecular weight is 638 g/mol. The van der Waals surface area contributed by atoms with Crippen LogP contribution < -0.4 is 4.90 Å². The van der Waals surface area contributed by atoms with Gasteiger partial charge in [0, 0.05) is 33.8 Å². The normalized spacial score (nSPS) is 25.4. The van der Waals surface area contributed by atoms with Crippen LogP contribution in [0.1, 0.15) is 87.3 Å². The summed E-state index contributed by atoms with van der Waals surface area (Å²) in [5.74, 6) is 1.87. The van der Waals surface area contributed by atoms with Crippen LogP contribution >= 0.6 is 22.6 Å². The zero-order chi connectivity index (χ0) is 26.9. The van der Waals surface area contributed by atoms with E-state index in [2.05, 4.69) is 79.9 Å². The molecule has 0 aliphatic heterocycles. The van der Waals surface area contributed by atoms with Crippen molar-refractivity contribution in [2.75, 3.05) is 11.4 Å². The van der Waals surface area contributed by atoms with Crippen molar-refractivity contribution < 1.29 is 9.90 Å². The van der Waals surface area contributed by atoms with E-state index in [1.807, 2.05) is 19.2 Å². The standard InChI is InChI=1S/C33H40IN3O2/c1-22-17-27(11-16-32(22)38)24-7-5-23(6-8-24)20-36(33(39)25-9-12-29(34)13-10-25)31-4-2-3-26(18-31)28-19-35-37(21-28)30-14-15-30/h2-4,11,16-19,21,23-25,29-30,38H,5-10,12-15,20H2,1H3. The van der Waals surface area contributed by atoms with Crippen LogP contribution in [0.15, 0.2) is 54.9 Å². The minimum absolute atomic E-state index is 0.133. The van der Waals surface area contributed by atoms with Crippen LogP contribution in [0.2, 0.25) is 0 Å². The number of aromatic hydroxyl groups is 1. The lowest BCUT2D eigenvalue weighted by atomic mass is 9.78. The van der Waals surface area contributed by atoms with Gasteiger partial charge in [0.15, 0.2) is 0 Å². The molecule has 1 heterocycles. The molecule has 3 aliphatic rings. The van der Waals surface area contributed by atoms with E-state index in [1.165, 1.54) is 18.4 Å². The van der Waals surface area contributed by atoms with Crippen molar-refractivity contribution in [3.63, 3.8) is 0 Å². The van der Waals surface area contributed by atoms with Crippen LogP contribution in [-0.4, -0.2) is 31.3 Å². The molecule has 1 N–H and O–H groups in total. The number of amides is 1. The number of aromatic nitrogens is 2. The Morgan fingerprint density at radius 1 is 0.974 bits per heavy atom. The molecule has 6 rings (SSSR count). The molecule has 0 unspecified atom stereocenters. The fraction of sp³-hybridized carbons (Fsp3) is 0.515. The molecule has 3 aromatic rings. The fourth-order valence-electron chi connectivity index (χ4n) is 6.59. The third-order valence-electron chi connectivity index (χ3n) is 9.27. The van der Waals surface area contributed by atoms with Gasteiger partial charge in [-0.1, -0.05) is 46.9 Å². The molecule has 3 aliphatic carbocycles. The Hall–Kier alpha value is -2.35. The maximum absolute atomic E-state index is 14.1. The Morgan fingerprint density at radius 2 is 1.74 bits per heavy atom. The van der Waals surface area contributed by atoms with E-state index >= 15 is 0 Å². The number of rotatable bonds is 7. The van der Waals surface area contributed by atoms with Crippen LogP contribution in [0.25, 0.3) is 11.1 Å². The van der Waals surface area contributed by atoms with E-state index in [4.69, 9.17) is 0 Å². The molecule has 39 heavy (non-hydrogen) atoms. The zero-order valence-corrected chi connectivity index (χ0v) is 25.1. The molecule has 3 saturated carbocycles. The molecule has 1 amide bonds. The smallest absolute Gasteiger partial charge is 0.230 e. The molecular weight excluding hydrogens is 597 g/mol. The Labute approximate surface area is 246 Å². The molecule has 2 aromatic carbocycles. The van der Waals surface area contributed by atoms with Gasteiger partial charge < -0.3 is 10.0 Å². The van der Waals surface area contributed by atoms with Crippen molar-refractivity contribution in [1.82, 2.24) is 9.78 Å². The summed E-state index contributed by atoms with van der Waals surface area (Å²) in [6.45, 7) is 2.78. The van der Waals surface area contributed by atoms with Crippen molar-refractivity contribution in [3.05, 3.63) is 66.0 Å². The van der Waals surface area contributed by atoms with E-state index in [1.54, 1.807) is 0 Å². The Bertz CT molecular complexity index is 1300. The Morgan fingerprint density at radius 3 is 2.46 bits per heavy atom. The summed E-state index contributed by atoms with van der Waals surface area (Å²) in [4.78, 5) is 16.2. The van der Waals surface area contributed by atoms with Crippen molar-refractivity contribution in [2.45, 2.75) is 87.0 Å². The maximum Gasteiger partial charge on any atom is 0.230 e. The number of hydrogen-bond acceptors (Lipinski definition) is 3. The fourth-order valence-corrected chi connectivity index (χ4v) is 7.31. The van der Waals surface area contributed by atoms with Crippen LogP contribution in [0, 0.1) is 18.8 Å². The van der Waals surface area contributed by atoms with Gasteiger partial charge in [0.2, 0.25) is 5.91 Å². The van der Waals surface area contributed by atoms with Gasteiger partial charge in [0.1, 0.15) is 5.75 Å². The highest BCUT2D eigenvalue weighted by atomic mass is 127. The summed E-state index contributed by atoms with van der Waals surface area (Å²) >= 11 is 2.55. The van der Waals surface area contributed by atoms with E-state index < -0.39 is 0 Å². The molecule has 3 fully saturated rings. The molecule has 0 atom stereocenters. The van der Waals surface area contributed by atoms with Crippen molar-refractivity contribution in [1.29, 1.82) is 0 Å².